The van der Waals surface area contributed by atoms with E-state index in [9.17, 15) is 9.90 Å². The van der Waals surface area contributed by atoms with Gasteiger partial charge in [-0.05, 0) is 25.2 Å². The van der Waals surface area contributed by atoms with Crippen molar-refractivity contribution in [1.29, 1.82) is 0 Å². The molecule has 0 amide bonds. The van der Waals surface area contributed by atoms with Gasteiger partial charge in [-0.15, -0.1) is 0 Å². The number of hydrogen-bond donors (Lipinski definition) is 2. The second-order valence-electron chi connectivity index (χ2n) is 3.78. The standard InChI is InChI=1S/C11H22O3/c1-4-7-9(10(12)6-3)8(5-2)11(13)14/h8-10,12H,4-7H2,1-3H3,(H,13,14). The zero-order valence-corrected chi connectivity index (χ0v) is 9.36. The fraction of sp³-hybridized carbons (Fsp3) is 0.909. The second-order valence-corrected chi connectivity index (χ2v) is 3.78. The fourth-order valence-electron chi connectivity index (χ4n) is 1.96. The van der Waals surface area contributed by atoms with E-state index in [1.165, 1.54) is 0 Å². The summed E-state index contributed by atoms with van der Waals surface area (Å²) in [6, 6.07) is 0. The summed E-state index contributed by atoms with van der Waals surface area (Å²) in [5.74, 6) is -1.27. The molecule has 3 nitrogen and oxygen atoms in total. The Morgan fingerprint density at radius 1 is 1.21 bits per heavy atom. The summed E-state index contributed by atoms with van der Waals surface area (Å²) in [6.07, 6.45) is 2.47. The van der Waals surface area contributed by atoms with Gasteiger partial charge in [0.2, 0.25) is 0 Å². The molecular weight excluding hydrogens is 180 g/mol. The van der Waals surface area contributed by atoms with Crippen molar-refractivity contribution in [3.8, 4) is 0 Å². The molecule has 0 aliphatic heterocycles. The Balaban J connectivity index is 4.50. The number of carboxylic acid groups (broad SMARTS) is 1. The number of carboxylic acids is 1. The van der Waals surface area contributed by atoms with Crippen molar-refractivity contribution >= 4 is 5.97 Å². The van der Waals surface area contributed by atoms with Crippen LogP contribution >= 0.6 is 0 Å². The zero-order chi connectivity index (χ0) is 11.1. The molecule has 14 heavy (non-hydrogen) atoms. The van der Waals surface area contributed by atoms with Crippen molar-refractivity contribution in [2.75, 3.05) is 0 Å². The maximum absolute atomic E-state index is 11.0. The summed E-state index contributed by atoms with van der Waals surface area (Å²) in [5, 5.41) is 18.7. The van der Waals surface area contributed by atoms with Crippen LogP contribution in [0.1, 0.15) is 46.5 Å². The van der Waals surface area contributed by atoms with Crippen molar-refractivity contribution in [1.82, 2.24) is 0 Å². The molecule has 0 spiro atoms. The van der Waals surface area contributed by atoms with Crippen molar-refractivity contribution in [3.63, 3.8) is 0 Å². The molecule has 0 aromatic rings. The predicted molar refractivity (Wildman–Crippen MR) is 56.1 cm³/mol. The van der Waals surface area contributed by atoms with E-state index in [1.807, 2.05) is 20.8 Å². The van der Waals surface area contributed by atoms with E-state index < -0.39 is 18.0 Å². The Hall–Kier alpha value is -0.570. The number of rotatable bonds is 7. The highest BCUT2D eigenvalue weighted by atomic mass is 16.4. The quantitative estimate of drug-likeness (QED) is 0.666. The number of aliphatic hydroxyl groups is 1. The predicted octanol–water partition coefficient (Wildman–Crippen LogP) is 2.28. The first kappa shape index (κ1) is 13.4. The van der Waals surface area contributed by atoms with E-state index in [-0.39, 0.29) is 5.92 Å². The summed E-state index contributed by atoms with van der Waals surface area (Å²) < 4.78 is 0. The summed E-state index contributed by atoms with van der Waals surface area (Å²) in [7, 11) is 0. The smallest absolute Gasteiger partial charge is 0.306 e. The van der Waals surface area contributed by atoms with Crippen LogP contribution in [0, 0.1) is 11.8 Å². The molecule has 3 unspecified atom stereocenters. The van der Waals surface area contributed by atoms with Crippen LogP contribution in [0.2, 0.25) is 0 Å². The van der Waals surface area contributed by atoms with Gasteiger partial charge in [-0.25, -0.2) is 0 Å². The molecule has 0 aromatic heterocycles. The molecule has 0 fully saturated rings. The summed E-state index contributed by atoms with van der Waals surface area (Å²) in [5.41, 5.74) is 0. The van der Waals surface area contributed by atoms with Gasteiger partial charge in [0.25, 0.3) is 0 Å². The van der Waals surface area contributed by atoms with Crippen LogP contribution in [0.3, 0.4) is 0 Å². The average molecular weight is 202 g/mol. The van der Waals surface area contributed by atoms with Crippen molar-refractivity contribution < 1.29 is 15.0 Å². The molecular formula is C11H22O3. The Labute approximate surface area is 86.1 Å². The lowest BCUT2D eigenvalue weighted by Crippen LogP contribution is -2.32. The van der Waals surface area contributed by atoms with Gasteiger partial charge >= 0.3 is 5.97 Å². The molecule has 84 valence electrons. The summed E-state index contributed by atoms with van der Waals surface area (Å²) >= 11 is 0. The largest absolute Gasteiger partial charge is 0.481 e. The van der Waals surface area contributed by atoms with Crippen LogP contribution in [0.4, 0.5) is 0 Å². The number of aliphatic carboxylic acids is 1. The minimum Gasteiger partial charge on any atom is -0.481 e. The molecule has 0 aliphatic rings. The van der Waals surface area contributed by atoms with Crippen molar-refractivity contribution in [2.45, 2.75) is 52.6 Å². The van der Waals surface area contributed by atoms with E-state index in [2.05, 4.69) is 0 Å². The molecule has 2 N–H and O–H groups in total. The number of carbonyl (C=O) groups is 1. The van der Waals surface area contributed by atoms with E-state index in [4.69, 9.17) is 5.11 Å². The maximum atomic E-state index is 11.0. The van der Waals surface area contributed by atoms with Gasteiger partial charge in [-0.3, -0.25) is 4.79 Å². The van der Waals surface area contributed by atoms with Crippen LogP contribution in [0.5, 0.6) is 0 Å². The van der Waals surface area contributed by atoms with Gasteiger partial charge in [0.1, 0.15) is 0 Å². The molecule has 0 radical (unpaired) electrons. The third kappa shape index (κ3) is 3.66. The van der Waals surface area contributed by atoms with Gasteiger partial charge in [-0.1, -0.05) is 27.2 Å². The highest BCUT2D eigenvalue weighted by molar-refractivity contribution is 5.70. The van der Waals surface area contributed by atoms with E-state index in [0.717, 1.165) is 12.8 Å². The van der Waals surface area contributed by atoms with E-state index in [1.54, 1.807) is 0 Å². The van der Waals surface area contributed by atoms with Gasteiger partial charge in [-0.2, -0.15) is 0 Å². The summed E-state index contributed by atoms with van der Waals surface area (Å²) in [6.45, 7) is 5.77. The minimum atomic E-state index is -0.779. The zero-order valence-electron chi connectivity index (χ0n) is 9.36. The normalized spacial score (nSPS) is 17.4. The van der Waals surface area contributed by atoms with E-state index >= 15 is 0 Å². The van der Waals surface area contributed by atoms with Crippen LogP contribution in [-0.2, 0) is 4.79 Å². The number of hydrogen-bond acceptors (Lipinski definition) is 2. The third-order valence-corrected chi connectivity index (χ3v) is 2.81. The molecule has 0 rings (SSSR count). The van der Waals surface area contributed by atoms with Crippen LogP contribution in [0.25, 0.3) is 0 Å². The molecule has 0 heterocycles. The average Bonchev–Trinajstić information content (AvgIpc) is 2.16. The first-order valence-corrected chi connectivity index (χ1v) is 5.49. The summed E-state index contributed by atoms with van der Waals surface area (Å²) in [4.78, 5) is 11.0. The Morgan fingerprint density at radius 3 is 2.07 bits per heavy atom. The molecule has 0 bridgehead atoms. The third-order valence-electron chi connectivity index (χ3n) is 2.81. The molecule has 0 aromatic carbocycles. The molecule has 3 atom stereocenters. The molecule has 0 aliphatic carbocycles. The van der Waals surface area contributed by atoms with Crippen molar-refractivity contribution in [2.24, 2.45) is 11.8 Å². The lowest BCUT2D eigenvalue weighted by Gasteiger charge is -2.26. The molecule has 0 saturated heterocycles. The first-order chi connectivity index (χ1) is 6.58. The topological polar surface area (TPSA) is 57.5 Å². The van der Waals surface area contributed by atoms with Crippen molar-refractivity contribution in [3.05, 3.63) is 0 Å². The second kappa shape index (κ2) is 6.82. The van der Waals surface area contributed by atoms with E-state index in [0.29, 0.717) is 12.8 Å². The van der Waals surface area contributed by atoms with Gasteiger partial charge < -0.3 is 10.2 Å². The maximum Gasteiger partial charge on any atom is 0.306 e. The lowest BCUT2D eigenvalue weighted by atomic mass is 9.81. The highest BCUT2D eigenvalue weighted by Crippen LogP contribution is 2.26. The van der Waals surface area contributed by atoms with Gasteiger partial charge in [0, 0.05) is 0 Å². The van der Waals surface area contributed by atoms with Crippen LogP contribution in [0.15, 0.2) is 0 Å². The molecule has 0 saturated carbocycles. The number of aliphatic hydroxyl groups excluding tert-OH is 1. The Bertz CT molecular complexity index is 168. The van der Waals surface area contributed by atoms with Gasteiger partial charge in [0.15, 0.2) is 0 Å². The van der Waals surface area contributed by atoms with Gasteiger partial charge in [0.05, 0.1) is 12.0 Å². The Kier molecular flexibility index (Phi) is 6.54. The first-order valence-electron chi connectivity index (χ1n) is 5.49. The fourth-order valence-corrected chi connectivity index (χ4v) is 1.96. The highest BCUT2D eigenvalue weighted by Gasteiger charge is 2.30. The molecule has 3 heteroatoms. The lowest BCUT2D eigenvalue weighted by molar-refractivity contribution is -0.146. The Morgan fingerprint density at radius 2 is 1.79 bits per heavy atom. The van der Waals surface area contributed by atoms with Crippen LogP contribution in [-0.4, -0.2) is 22.3 Å². The SMILES string of the molecule is CCCC(C(O)CC)C(CC)C(=O)O. The monoisotopic (exact) mass is 202 g/mol. The minimum absolute atomic E-state index is 0.0903. The van der Waals surface area contributed by atoms with Crippen LogP contribution < -0.4 is 0 Å².